The number of hydrogen-bond acceptors (Lipinski definition) is 28. The SMILES string of the molecule is COC(=O)C(CNC(C)(C)C(O)C(C)OC(C)OC1C(Oc2c3cc4cc2Oc2ccc(cc2Cl)[C@@H](O)[C@@H]2NC(=O)C(NC(=O)[C@@H]4NC(=O)[C@H](CC(N)=O)NC(=O)C(NC(=O)[C@H](N)CC(C)C)[C@H](O)c4ccc(c(Cl)c4)O3)c3ccc(O)c(c3)-c3c(O)cc(O)cc3[C@H](C(=O)O)NC2=O)OC(CO)C(O)C1O)OCc1ccc(-c2ccc(Cl)cc2)cc1. The lowest BCUT2D eigenvalue weighted by Gasteiger charge is -2.43. The Bertz CT molecular complexity index is 5090. The molecule has 6 aliphatic heterocycles. The highest BCUT2D eigenvalue weighted by atomic mass is 35.5. The Kier molecular flexibility index (Phi) is 29.3. The van der Waals surface area contributed by atoms with Gasteiger partial charge in [0.2, 0.25) is 53.4 Å². The molecule has 36 nitrogen and oxygen atoms in total. The minimum atomic E-state index is -2.40. The molecule has 6 heterocycles. The highest BCUT2D eigenvalue weighted by molar-refractivity contribution is 6.32. The summed E-state index contributed by atoms with van der Waals surface area (Å²) < 4.78 is 50.0. The number of carbonyl (C=O) groups excluding carboxylic acids is 8. The molecule has 11 bridgehead atoms. The summed E-state index contributed by atoms with van der Waals surface area (Å²) in [5.74, 6) is -17.5. The van der Waals surface area contributed by atoms with Gasteiger partial charge in [0, 0.05) is 39.9 Å². The number of benzene rings is 7. The van der Waals surface area contributed by atoms with E-state index in [1.165, 1.54) is 27.0 Å². The van der Waals surface area contributed by atoms with Crippen LogP contribution in [-0.2, 0) is 73.4 Å². The highest BCUT2D eigenvalue weighted by Gasteiger charge is 2.50. The van der Waals surface area contributed by atoms with Gasteiger partial charge in [0.05, 0.1) is 55.0 Å². The van der Waals surface area contributed by atoms with Crippen LogP contribution in [0.4, 0.5) is 0 Å². The van der Waals surface area contributed by atoms with Crippen LogP contribution < -0.4 is 62.9 Å². The van der Waals surface area contributed by atoms with E-state index < -0.39 is 254 Å². The standard InChI is InChI=1S/C83H92Cl3N9O27/c1-34(2)22-50(87)74(106)94-65-67(101)41-15-20-54(48(85)24-41)119-56-26-43-27-57(71(56)122-82-72(70(104)69(103)59(32-96)121-82)118-36(4)117-35(3)73(105)83(5,6)89-31-58(81(114)115-7)116-33-37-8-10-38(11-9-37)39-12-17-44(84)18-13-39)120-55-21-16-42(25-49(55)86)68(102)66-79(111)93-64(80(112)113)47-28-45(97)29-53(99)61(47)46-23-40(14-19-52(46)98)62(76(108)95-66)92-77(109)63(43)91-75(107)51(30-60(88)100)90-78(65)110/h8-21,23-29,34-36,50-51,58-59,62-70,72-73,82,89,96-99,101-105H,22,30-33,87H2,1-7H3,(H2,88,100)(H,90,110)(H,91,107)(H,92,109)(H,93,111)(H,94,106)(H,95,108)(H,112,113)/t35?,36?,50-,51+,58?,59?,62?,63-,64-,65?,66+,67-,68-,69?,70?,72?,73?,82?/m1/s1. The minimum Gasteiger partial charge on any atom is -0.508 e. The third-order valence-corrected chi connectivity index (χ3v) is 21.6. The van der Waals surface area contributed by atoms with Crippen LogP contribution in [0.1, 0.15) is 118 Å². The van der Waals surface area contributed by atoms with Gasteiger partial charge >= 0.3 is 11.9 Å². The van der Waals surface area contributed by atoms with Gasteiger partial charge < -0.3 is 138 Å². The Hall–Kier alpha value is -11.0. The quantitative estimate of drug-likeness (QED) is 0.0298. The van der Waals surface area contributed by atoms with Gasteiger partial charge in [-0.2, -0.15) is 0 Å². The predicted molar refractivity (Wildman–Crippen MR) is 432 cm³/mol. The van der Waals surface area contributed by atoms with Crippen LogP contribution in [0, 0.1) is 5.92 Å². The largest absolute Gasteiger partial charge is 0.508 e. The van der Waals surface area contributed by atoms with E-state index in [2.05, 4.69) is 37.2 Å². The number of phenolic OH excluding ortho intramolecular Hbond substituents is 3. The third kappa shape index (κ3) is 21.2. The molecule has 0 saturated carbocycles. The normalized spacial score (nSPS) is 23.7. The molecule has 0 radical (unpaired) electrons. The number of aliphatic hydroxyl groups excluding tert-OH is 6. The molecule has 652 valence electrons. The van der Waals surface area contributed by atoms with Crippen molar-refractivity contribution in [3.8, 4) is 68.2 Å². The predicted octanol–water partition coefficient (Wildman–Crippen LogP) is 4.19. The maximum absolute atomic E-state index is 16.2. The van der Waals surface area contributed by atoms with Crippen LogP contribution in [0.5, 0.6) is 46.0 Å². The van der Waals surface area contributed by atoms with Gasteiger partial charge in [0.15, 0.2) is 36.0 Å². The number of halogens is 3. The molecule has 7 aromatic rings. The number of methoxy groups -OCH3 is 1. The zero-order valence-electron chi connectivity index (χ0n) is 66.3. The smallest absolute Gasteiger partial charge is 0.336 e. The number of aliphatic hydroxyl groups is 6. The van der Waals surface area contributed by atoms with Crippen LogP contribution in [0.3, 0.4) is 0 Å². The Balaban J connectivity index is 1.03. The Labute approximate surface area is 711 Å². The first-order valence-corrected chi connectivity index (χ1v) is 39.4. The average Bonchev–Trinajstić information content (AvgIpc) is 0.783. The molecule has 11 unspecified atom stereocenters. The second-order valence-electron chi connectivity index (χ2n) is 30.5. The Morgan fingerprint density at radius 2 is 1.25 bits per heavy atom. The molecular formula is C83H92Cl3N9O27. The van der Waals surface area contributed by atoms with E-state index >= 15 is 14.4 Å². The molecule has 39 heteroatoms. The number of amides is 7. The summed E-state index contributed by atoms with van der Waals surface area (Å²) in [6.07, 6.45) is -20.8. The number of nitrogens with one attached hydrogen (secondary N) is 7. The maximum atomic E-state index is 16.2. The topological polar surface area (TPSA) is 566 Å². The number of hydrogen-bond donors (Lipinski definition) is 19. The van der Waals surface area contributed by atoms with E-state index in [9.17, 15) is 79.8 Å². The molecule has 7 amide bonds. The number of carbonyl (C=O) groups is 9. The van der Waals surface area contributed by atoms with Crippen molar-refractivity contribution < 1.29 is 132 Å². The summed E-state index contributed by atoms with van der Waals surface area (Å²) in [5.41, 5.74) is 10.2. The molecule has 1 fully saturated rings. The van der Waals surface area contributed by atoms with Crippen LogP contribution in [0.25, 0.3) is 22.3 Å². The zero-order chi connectivity index (χ0) is 88.8. The first kappa shape index (κ1) is 91.7. The van der Waals surface area contributed by atoms with Crippen LogP contribution in [0.15, 0.2) is 127 Å². The summed E-state index contributed by atoms with van der Waals surface area (Å²) in [5, 5.41) is 133. The summed E-state index contributed by atoms with van der Waals surface area (Å²) in [6.45, 7) is 8.26. The number of primary amides is 1. The Morgan fingerprint density at radius 3 is 1.84 bits per heavy atom. The first-order valence-electron chi connectivity index (χ1n) is 38.3. The van der Waals surface area contributed by atoms with Crippen molar-refractivity contribution in [3.05, 3.63) is 176 Å². The van der Waals surface area contributed by atoms with E-state index in [4.69, 9.17) is 84.2 Å². The van der Waals surface area contributed by atoms with Gasteiger partial charge in [-0.25, -0.2) is 9.59 Å². The second kappa shape index (κ2) is 39.0. The second-order valence-corrected chi connectivity index (χ2v) is 31.8. The van der Waals surface area contributed by atoms with Gasteiger partial charge in [-0.15, -0.1) is 0 Å². The number of carboxylic acids is 1. The fourth-order valence-electron chi connectivity index (χ4n) is 14.3. The maximum Gasteiger partial charge on any atom is 0.336 e. The van der Waals surface area contributed by atoms with E-state index in [0.29, 0.717) is 5.02 Å². The zero-order valence-corrected chi connectivity index (χ0v) is 68.6. The molecular weight excluding hydrogens is 1660 g/mol. The number of nitrogens with two attached hydrogens (primary N) is 2. The van der Waals surface area contributed by atoms with E-state index in [1.807, 2.05) is 36.4 Å². The minimum absolute atomic E-state index is 0.0216. The number of rotatable bonds is 24. The third-order valence-electron chi connectivity index (χ3n) is 20.8. The molecule has 122 heavy (non-hydrogen) atoms. The van der Waals surface area contributed by atoms with Crippen molar-refractivity contribution in [1.29, 1.82) is 0 Å². The van der Waals surface area contributed by atoms with Crippen molar-refractivity contribution in [1.82, 2.24) is 37.2 Å². The number of aromatic hydroxyl groups is 3. The number of phenols is 3. The monoisotopic (exact) mass is 1750 g/mol. The number of carboxylic acid groups (broad SMARTS) is 1. The molecule has 6 aliphatic rings. The van der Waals surface area contributed by atoms with Crippen molar-refractivity contribution in [2.24, 2.45) is 17.4 Å². The van der Waals surface area contributed by atoms with E-state index in [-0.39, 0.29) is 47.9 Å². The summed E-state index contributed by atoms with van der Waals surface area (Å²) in [6, 6.07) is 13.2. The molecule has 1 saturated heterocycles. The molecule has 0 spiro atoms. The van der Waals surface area contributed by atoms with Crippen LogP contribution >= 0.6 is 34.8 Å². The van der Waals surface area contributed by atoms with Crippen LogP contribution in [0.2, 0.25) is 15.1 Å². The summed E-state index contributed by atoms with van der Waals surface area (Å²) in [7, 11) is 1.19. The van der Waals surface area contributed by atoms with Gasteiger partial charge in [0.25, 0.3) is 0 Å². The van der Waals surface area contributed by atoms with Crippen molar-refractivity contribution in [2.45, 2.75) is 176 Å². The summed E-state index contributed by atoms with van der Waals surface area (Å²) in [4.78, 5) is 131. The van der Waals surface area contributed by atoms with Gasteiger partial charge in [-0.05, 0) is 146 Å². The molecule has 0 aromatic heterocycles. The summed E-state index contributed by atoms with van der Waals surface area (Å²) >= 11 is 20.3. The fourth-order valence-corrected chi connectivity index (χ4v) is 14.9. The van der Waals surface area contributed by atoms with Crippen molar-refractivity contribution in [2.75, 3.05) is 20.3 Å². The number of aliphatic carboxylic acids is 1. The van der Waals surface area contributed by atoms with Gasteiger partial charge in [0.1, 0.15) is 89.5 Å². The molecule has 7 aromatic carbocycles. The lowest BCUT2D eigenvalue weighted by Crippen LogP contribution is -2.62. The number of fused-ring (bicyclic) bond motifs is 15. The van der Waals surface area contributed by atoms with Crippen LogP contribution in [-0.4, -0.2) is 210 Å². The highest BCUT2D eigenvalue weighted by Crippen LogP contribution is 2.50. The molecule has 18 atom stereocenters. The average molecular weight is 1750 g/mol. The number of ether oxygens (including phenoxy) is 8. The lowest BCUT2D eigenvalue weighted by atomic mass is 9.89. The number of esters is 1. The van der Waals surface area contributed by atoms with Gasteiger partial charge in [-0.1, -0.05) is 103 Å². The lowest BCUT2D eigenvalue weighted by molar-refractivity contribution is -0.320. The fraction of sp³-hybridized carbons (Fsp3) is 0.386. The van der Waals surface area contributed by atoms with Crippen molar-refractivity contribution >= 4 is 88.1 Å². The molecule has 13 rings (SSSR count). The van der Waals surface area contributed by atoms with E-state index in [0.717, 1.165) is 89.5 Å². The van der Waals surface area contributed by atoms with Crippen molar-refractivity contribution in [3.63, 3.8) is 0 Å². The molecule has 0 aliphatic carbocycles. The first-order chi connectivity index (χ1) is 57.7. The van der Waals surface area contributed by atoms with Gasteiger partial charge in [-0.3, -0.25) is 33.6 Å². The Morgan fingerprint density at radius 1 is 0.656 bits per heavy atom. The molecule has 21 N–H and O–H groups in total. The van der Waals surface area contributed by atoms with E-state index in [1.54, 1.807) is 39.8 Å².